The van der Waals surface area contributed by atoms with E-state index in [1.54, 1.807) is 6.20 Å². The van der Waals surface area contributed by atoms with E-state index in [0.29, 0.717) is 0 Å². The summed E-state index contributed by atoms with van der Waals surface area (Å²) in [7, 11) is 0. The molecule has 0 spiro atoms. The van der Waals surface area contributed by atoms with Crippen molar-refractivity contribution in [2.75, 3.05) is 6.61 Å². The maximum Gasteiger partial charge on any atom is 0.573 e. The summed E-state index contributed by atoms with van der Waals surface area (Å²) in [4.78, 5) is 4.21. The minimum Gasteiger partial charge on any atom is -0.492 e. The van der Waals surface area contributed by atoms with Crippen LogP contribution in [0, 0.1) is 5.82 Å². The van der Waals surface area contributed by atoms with E-state index in [1.165, 1.54) is 12.1 Å². The van der Waals surface area contributed by atoms with Crippen LogP contribution in [0.4, 0.5) is 17.6 Å². The largest absolute Gasteiger partial charge is 0.573 e. The summed E-state index contributed by atoms with van der Waals surface area (Å²) >= 11 is 0. The third-order valence-electron chi connectivity index (χ3n) is 3.13. The Kier molecular flexibility index (Phi) is 5.97. The highest BCUT2D eigenvalue weighted by Crippen LogP contribution is 2.27. The van der Waals surface area contributed by atoms with Gasteiger partial charge in [0, 0.05) is 6.20 Å². The lowest BCUT2D eigenvalue weighted by molar-refractivity contribution is -0.275. The van der Waals surface area contributed by atoms with Crippen LogP contribution in [-0.4, -0.2) is 18.0 Å². The van der Waals surface area contributed by atoms with Crippen molar-refractivity contribution < 1.29 is 27.0 Å². The van der Waals surface area contributed by atoms with Crippen LogP contribution in [0.15, 0.2) is 42.6 Å². The first-order valence-corrected chi connectivity index (χ1v) is 7.20. The number of hydrogen-bond acceptors (Lipinski definition) is 4. The van der Waals surface area contributed by atoms with Gasteiger partial charge in [-0.15, -0.1) is 13.2 Å². The standard InChI is InChI=1S/C9H12N2O.C7H4F4O/c10-7-3-2-6-12-8-4-1-5-11-9(7)8;8-5-3-1-2-4-6(5)12-7(9,10)11/h1,4-5,7H,2-3,6,10H2;1-4H. The van der Waals surface area contributed by atoms with Crippen molar-refractivity contribution in [2.24, 2.45) is 5.73 Å². The van der Waals surface area contributed by atoms with Gasteiger partial charge in [0.15, 0.2) is 11.6 Å². The minimum atomic E-state index is -4.85. The first-order chi connectivity index (χ1) is 11.4. The quantitative estimate of drug-likeness (QED) is 0.795. The number of halogens is 4. The number of aromatic nitrogens is 1. The predicted molar refractivity (Wildman–Crippen MR) is 79.0 cm³/mol. The van der Waals surface area contributed by atoms with E-state index in [1.807, 2.05) is 12.1 Å². The highest BCUT2D eigenvalue weighted by atomic mass is 19.4. The number of ether oxygens (including phenoxy) is 2. The van der Waals surface area contributed by atoms with Crippen molar-refractivity contribution in [2.45, 2.75) is 25.2 Å². The van der Waals surface area contributed by atoms with Gasteiger partial charge in [0.1, 0.15) is 5.75 Å². The number of fused-ring (bicyclic) bond motifs is 1. The van der Waals surface area contributed by atoms with Crippen molar-refractivity contribution in [1.29, 1.82) is 0 Å². The molecule has 2 N–H and O–H groups in total. The van der Waals surface area contributed by atoms with E-state index < -0.39 is 17.9 Å². The Hall–Kier alpha value is -2.35. The third kappa shape index (κ3) is 5.38. The molecule has 0 fully saturated rings. The first-order valence-electron chi connectivity index (χ1n) is 7.20. The molecule has 130 valence electrons. The Balaban J connectivity index is 0.000000174. The molecule has 0 radical (unpaired) electrons. The van der Waals surface area contributed by atoms with Crippen LogP contribution in [-0.2, 0) is 0 Å². The first kappa shape index (κ1) is 18.0. The topological polar surface area (TPSA) is 57.4 Å². The van der Waals surface area contributed by atoms with Crippen LogP contribution in [0.25, 0.3) is 0 Å². The molecule has 24 heavy (non-hydrogen) atoms. The number of alkyl halides is 3. The normalized spacial score (nSPS) is 16.8. The molecular weight excluding hydrogens is 328 g/mol. The number of para-hydroxylation sites is 1. The number of nitrogens with two attached hydrogens (primary N) is 1. The molecule has 0 saturated carbocycles. The SMILES string of the molecule is Fc1ccccc1OC(F)(F)F.NC1CCCOc2cccnc21. The highest BCUT2D eigenvalue weighted by molar-refractivity contribution is 5.30. The second-order valence-electron chi connectivity index (χ2n) is 4.96. The summed E-state index contributed by atoms with van der Waals surface area (Å²) in [5, 5.41) is 0. The summed E-state index contributed by atoms with van der Waals surface area (Å²) in [6.07, 6.45) is -1.11. The zero-order valence-electron chi connectivity index (χ0n) is 12.6. The zero-order chi connectivity index (χ0) is 17.6. The average Bonchev–Trinajstić information content (AvgIpc) is 2.71. The van der Waals surface area contributed by atoms with E-state index in [9.17, 15) is 17.6 Å². The number of nitrogens with zero attached hydrogens (tertiary/aromatic N) is 1. The fraction of sp³-hybridized carbons (Fsp3) is 0.312. The summed E-state index contributed by atoms with van der Waals surface area (Å²) in [6, 6.07) is 8.17. The van der Waals surface area contributed by atoms with Crippen LogP contribution < -0.4 is 15.2 Å². The van der Waals surface area contributed by atoms with Gasteiger partial charge in [0.25, 0.3) is 0 Å². The van der Waals surface area contributed by atoms with Crippen LogP contribution >= 0.6 is 0 Å². The van der Waals surface area contributed by atoms with Gasteiger partial charge in [-0.25, -0.2) is 4.39 Å². The molecule has 0 aliphatic carbocycles. The fourth-order valence-corrected chi connectivity index (χ4v) is 2.08. The second kappa shape index (κ2) is 7.96. The second-order valence-corrected chi connectivity index (χ2v) is 4.96. The van der Waals surface area contributed by atoms with Gasteiger partial charge in [0.2, 0.25) is 0 Å². The van der Waals surface area contributed by atoms with Gasteiger partial charge in [-0.05, 0) is 37.1 Å². The lowest BCUT2D eigenvalue weighted by Crippen LogP contribution is -2.17. The van der Waals surface area contributed by atoms with Crippen molar-refractivity contribution in [1.82, 2.24) is 4.98 Å². The van der Waals surface area contributed by atoms with Crippen molar-refractivity contribution in [3.63, 3.8) is 0 Å². The Morgan fingerprint density at radius 1 is 1.17 bits per heavy atom. The van der Waals surface area contributed by atoms with E-state index >= 15 is 0 Å². The molecule has 2 heterocycles. The Labute approximate surface area is 136 Å². The van der Waals surface area contributed by atoms with E-state index in [4.69, 9.17) is 10.5 Å². The minimum absolute atomic E-state index is 0.0451. The molecular formula is C16H16F4N2O2. The molecule has 1 aromatic carbocycles. The Morgan fingerprint density at radius 3 is 2.62 bits per heavy atom. The van der Waals surface area contributed by atoms with E-state index in [-0.39, 0.29) is 6.04 Å². The van der Waals surface area contributed by atoms with Crippen LogP contribution in [0.3, 0.4) is 0 Å². The van der Waals surface area contributed by atoms with E-state index in [2.05, 4.69) is 9.72 Å². The van der Waals surface area contributed by atoms with Gasteiger partial charge in [0.05, 0.1) is 18.3 Å². The van der Waals surface area contributed by atoms with Gasteiger partial charge in [-0.1, -0.05) is 12.1 Å². The van der Waals surface area contributed by atoms with E-state index in [0.717, 1.165) is 43.0 Å². The summed E-state index contributed by atoms with van der Waals surface area (Å²) in [6.45, 7) is 0.756. The average molecular weight is 344 g/mol. The summed E-state index contributed by atoms with van der Waals surface area (Å²) in [5.74, 6) is -0.998. The highest BCUT2D eigenvalue weighted by Gasteiger charge is 2.32. The smallest absolute Gasteiger partial charge is 0.492 e. The molecule has 8 heteroatoms. The molecule has 3 rings (SSSR count). The number of hydrogen-bond donors (Lipinski definition) is 1. The molecule has 1 aliphatic rings. The van der Waals surface area contributed by atoms with Crippen LogP contribution in [0.2, 0.25) is 0 Å². The van der Waals surface area contributed by atoms with Gasteiger partial charge in [-0.2, -0.15) is 0 Å². The zero-order valence-corrected chi connectivity index (χ0v) is 12.6. The lowest BCUT2D eigenvalue weighted by Gasteiger charge is -2.08. The maximum atomic E-state index is 12.5. The van der Waals surface area contributed by atoms with Crippen molar-refractivity contribution in [3.8, 4) is 11.5 Å². The molecule has 1 atom stereocenters. The predicted octanol–water partition coefficient (Wildman–Crippen LogP) is 3.98. The maximum absolute atomic E-state index is 12.5. The molecule has 1 aromatic heterocycles. The van der Waals surface area contributed by atoms with Gasteiger partial charge >= 0.3 is 6.36 Å². The van der Waals surface area contributed by atoms with Crippen LogP contribution in [0.5, 0.6) is 11.5 Å². The summed E-state index contributed by atoms with van der Waals surface area (Å²) in [5.41, 5.74) is 6.80. The Bertz CT molecular complexity index is 665. The molecule has 2 aromatic rings. The Morgan fingerprint density at radius 2 is 1.92 bits per heavy atom. The van der Waals surface area contributed by atoms with Gasteiger partial charge < -0.3 is 15.2 Å². The molecule has 4 nitrogen and oxygen atoms in total. The fourth-order valence-electron chi connectivity index (χ4n) is 2.08. The van der Waals surface area contributed by atoms with Crippen molar-refractivity contribution in [3.05, 3.63) is 54.1 Å². The monoisotopic (exact) mass is 344 g/mol. The summed E-state index contributed by atoms with van der Waals surface area (Å²) < 4.78 is 55.9. The molecule has 1 unspecified atom stereocenters. The number of benzene rings is 1. The van der Waals surface area contributed by atoms with Gasteiger partial charge in [-0.3, -0.25) is 4.98 Å². The molecule has 1 aliphatic heterocycles. The van der Waals surface area contributed by atoms with Crippen molar-refractivity contribution >= 4 is 0 Å². The molecule has 0 amide bonds. The van der Waals surface area contributed by atoms with Crippen LogP contribution in [0.1, 0.15) is 24.6 Å². The lowest BCUT2D eigenvalue weighted by atomic mass is 10.1. The molecule has 0 saturated heterocycles. The number of pyridine rings is 1. The number of rotatable bonds is 1. The third-order valence-corrected chi connectivity index (χ3v) is 3.13. The molecule has 0 bridgehead atoms.